The fourth-order valence-electron chi connectivity index (χ4n) is 5.45. The summed E-state index contributed by atoms with van der Waals surface area (Å²) in [6.45, 7) is 0.985. The van der Waals surface area contributed by atoms with Crippen LogP contribution in [0.3, 0.4) is 0 Å². The van der Waals surface area contributed by atoms with Gasteiger partial charge in [0, 0.05) is 22.6 Å². The van der Waals surface area contributed by atoms with Gasteiger partial charge in [0.05, 0.1) is 11.8 Å². The predicted molar refractivity (Wildman–Crippen MR) is 200 cm³/mol. The zero-order valence-corrected chi connectivity index (χ0v) is 34.4. The molecule has 0 saturated carbocycles. The number of hydrogen-bond acceptors (Lipinski definition) is 20. The van der Waals surface area contributed by atoms with Gasteiger partial charge in [-0.2, -0.15) is 9.50 Å². The van der Waals surface area contributed by atoms with Crippen molar-refractivity contribution < 1.29 is 80.2 Å². The molecular formula is C32H28N11NaO11S3. The Hall–Kier alpha value is -5.73. The number of phenols is 2. The number of β-lactam (4-membered cyclic amide) rings is 1. The van der Waals surface area contributed by atoms with Gasteiger partial charge < -0.3 is 47.5 Å². The Morgan fingerprint density at radius 1 is 1.12 bits per heavy atom. The van der Waals surface area contributed by atoms with Crippen molar-refractivity contribution in [2.45, 2.75) is 36.6 Å². The van der Waals surface area contributed by atoms with Gasteiger partial charge >= 0.3 is 41.5 Å². The van der Waals surface area contributed by atoms with E-state index in [4.69, 9.17) is 15.3 Å². The van der Waals surface area contributed by atoms with Crippen molar-refractivity contribution >= 4 is 75.2 Å². The predicted octanol–water partition coefficient (Wildman–Crippen LogP) is -2.40. The summed E-state index contributed by atoms with van der Waals surface area (Å²) in [5.74, 6) is -4.56. The summed E-state index contributed by atoms with van der Waals surface area (Å²) >= 11 is 3.48. The molecule has 0 bridgehead atoms. The molecule has 1 fully saturated rings. The van der Waals surface area contributed by atoms with Gasteiger partial charge in [0.1, 0.15) is 33.7 Å². The number of aromatic hydroxyl groups is 3. The van der Waals surface area contributed by atoms with E-state index >= 15 is 0 Å². The van der Waals surface area contributed by atoms with Crippen LogP contribution in [-0.2, 0) is 37.2 Å². The Kier molecular flexibility index (Phi) is 12.6. The van der Waals surface area contributed by atoms with Crippen LogP contribution in [-0.4, -0.2) is 112 Å². The summed E-state index contributed by atoms with van der Waals surface area (Å²) in [6.07, 6.45) is 0.918. The number of aromatic nitrogens is 7. The number of fused-ring (bicyclic) bond motifs is 2. The molecule has 58 heavy (non-hydrogen) atoms. The number of aromatic amines is 1. The molecule has 1 saturated heterocycles. The number of rotatable bonds is 13. The molecule has 1 aromatic carbocycles. The number of carbonyl (C=O) groups is 4. The number of benzene rings is 1. The second kappa shape index (κ2) is 17.4. The Balaban J connectivity index is 0.00000331. The van der Waals surface area contributed by atoms with E-state index < -0.39 is 64.6 Å². The molecule has 0 spiro atoms. The van der Waals surface area contributed by atoms with Crippen molar-refractivity contribution in [1.29, 1.82) is 0 Å². The number of aryl methyl sites for hydroxylation is 1. The number of esters is 1. The summed E-state index contributed by atoms with van der Waals surface area (Å²) in [5.41, 5.74) is 5.39. The smallest absolute Gasteiger partial charge is 1.00 e. The number of ether oxygens (including phenoxy) is 1. The normalized spacial score (nSPS) is 16.3. The van der Waals surface area contributed by atoms with Crippen LogP contribution in [0.15, 0.2) is 62.1 Å². The number of carboxylic acids is 1. The van der Waals surface area contributed by atoms with E-state index in [1.165, 1.54) is 39.5 Å². The number of nitrogen functional groups attached to an aromatic ring is 1. The van der Waals surface area contributed by atoms with E-state index in [1.54, 1.807) is 13.0 Å². The van der Waals surface area contributed by atoms with E-state index in [2.05, 4.69) is 40.5 Å². The molecule has 296 valence electrons. The van der Waals surface area contributed by atoms with Gasteiger partial charge in [-0.25, -0.2) is 24.5 Å². The maximum atomic E-state index is 13.5. The number of anilines is 1. The molecule has 8 N–H and O–H groups in total. The molecule has 2 aliphatic heterocycles. The number of thiazole rings is 1. The number of thioether (sulfide) groups is 2. The second-order valence-corrected chi connectivity index (χ2v) is 15.0. The molecule has 5 aromatic rings. The van der Waals surface area contributed by atoms with Crippen molar-refractivity contribution in [3.8, 4) is 17.2 Å². The summed E-state index contributed by atoms with van der Waals surface area (Å²) in [6, 6.07) is 4.06. The monoisotopic (exact) mass is 861 g/mol. The minimum atomic E-state index is -1.34. The van der Waals surface area contributed by atoms with Crippen LogP contribution in [0, 0.1) is 6.92 Å². The standard InChI is InChI=1S/C32H27N11O11S3.Na.H/c1-12-4-21(43-32(35-12)38-20(40-43)7-53-30(52)13-2-3-16(44)17(45)5-13)55-9-14-10-56-28-23(27(49)42(28)24(14)29(50)51)39-26(48)22(15-11-57-31(33)36-15)41-54-8-19-34-6-18(46)25(47)37-19;;/h2-6,11,23,28,44-46H,7-10H2,1H3,(H2,33,36)(H,39,48)(H,50,51)(H,34,37,47);;/q;+1;-1/b41-22-;;/t23-,28-;;/m1../s1. The van der Waals surface area contributed by atoms with Crippen LogP contribution >= 0.6 is 34.9 Å². The molecule has 4 aromatic heterocycles. The van der Waals surface area contributed by atoms with Crippen LogP contribution in [0.2, 0.25) is 0 Å². The number of hydrogen-bond donors (Lipinski definition) is 7. The van der Waals surface area contributed by atoms with Crippen molar-refractivity contribution in [1.82, 2.24) is 44.8 Å². The molecule has 0 radical (unpaired) electrons. The van der Waals surface area contributed by atoms with Gasteiger partial charge in [-0.15, -0.1) is 40.0 Å². The maximum Gasteiger partial charge on any atom is 1.00 e. The molecule has 6 heterocycles. The quantitative estimate of drug-likeness (QED) is 0.00948. The Labute approximate surface area is 360 Å². The number of phenolic OH excluding ortho intramolecular Hbond substituents is 2. The number of carbonyl (C=O) groups excluding carboxylic acids is 3. The first-order chi connectivity index (χ1) is 27.3. The zero-order chi connectivity index (χ0) is 40.5. The van der Waals surface area contributed by atoms with E-state index in [9.17, 15) is 44.4 Å². The molecule has 2 aliphatic rings. The van der Waals surface area contributed by atoms with Gasteiger partial charge in [-0.1, -0.05) is 5.16 Å². The Bertz CT molecular complexity index is 2600. The second-order valence-electron chi connectivity index (χ2n) is 12.0. The number of H-pyrrole nitrogens is 1. The van der Waals surface area contributed by atoms with E-state index in [0.717, 1.165) is 34.6 Å². The third-order valence-corrected chi connectivity index (χ3v) is 11.2. The average molecular weight is 862 g/mol. The molecule has 0 unspecified atom stereocenters. The fourth-order valence-corrected chi connectivity index (χ4v) is 8.53. The van der Waals surface area contributed by atoms with E-state index in [0.29, 0.717) is 16.3 Å². The summed E-state index contributed by atoms with van der Waals surface area (Å²) < 4.78 is 6.68. The first-order valence-corrected chi connectivity index (χ1v) is 19.1. The third kappa shape index (κ3) is 8.72. The maximum absolute atomic E-state index is 13.5. The van der Waals surface area contributed by atoms with Gasteiger partial charge in [-0.3, -0.25) is 19.3 Å². The van der Waals surface area contributed by atoms with Gasteiger partial charge in [-0.05, 0) is 36.8 Å². The first kappa shape index (κ1) is 41.9. The van der Waals surface area contributed by atoms with E-state index in [1.807, 2.05) is 0 Å². The van der Waals surface area contributed by atoms with Crippen LogP contribution in [0.1, 0.15) is 34.8 Å². The Morgan fingerprint density at radius 2 is 1.91 bits per heavy atom. The zero-order valence-electron chi connectivity index (χ0n) is 31.0. The molecule has 26 heteroatoms. The van der Waals surface area contributed by atoms with Crippen molar-refractivity contribution in [3.05, 3.63) is 86.1 Å². The molecule has 22 nitrogen and oxygen atoms in total. The number of oxime groups is 1. The average Bonchev–Trinajstić information content (AvgIpc) is 3.80. The molecule has 2 atom stereocenters. The van der Waals surface area contributed by atoms with Crippen molar-refractivity contribution in [3.63, 3.8) is 0 Å². The van der Waals surface area contributed by atoms with Gasteiger partial charge in [0.2, 0.25) is 0 Å². The van der Waals surface area contributed by atoms with Crippen LogP contribution in [0.5, 0.6) is 17.2 Å². The summed E-state index contributed by atoms with van der Waals surface area (Å²) in [7, 11) is 0. The fraction of sp³-hybridized carbons (Fsp3) is 0.219. The molecule has 0 aliphatic carbocycles. The number of aliphatic carboxylic acids is 1. The summed E-state index contributed by atoms with van der Waals surface area (Å²) in [5, 5.41) is 51.0. The van der Waals surface area contributed by atoms with Crippen molar-refractivity contribution in [2.75, 3.05) is 17.2 Å². The van der Waals surface area contributed by atoms with Crippen LogP contribution in [0.4, 0.5) is 5.13 Å². The minimum Gasteiger partial charge on any atom is -1.00 e. The molecule has 7 rings (SSSR count). The van der Waals surface area contributed by atoms with E-state index in [-0.39, 0.29) is 94.3 Å². The number of nitrogens with zero attached hydrogens (tertiary/aromatic N) is 8. The number of amides is 2. The topological polar surface area (TPSA) is 323 Å². The molecular weight excluding hydrogens is 834 g/mol. The largest absolute Gasteiger partial charge is 1.00 e. The Morgan fingerprint density at radius 3 is 2.62 bits per heavy atom. The van der Waals surface area contributed by atoms with Gasteiger partial charge in [0.15, 0.2) is 47.1 Å². The SMILES string of the molecule is Cc1cc(SCC2=C(C(=O)O)N3C(=O)[C@@H](NC(=O)/C(=N\OCc4ncc(O)c(=O)[nH]4)c4csc(N)n4)[C@H]3SC2)n2nc(COC(=O)c3ccc(O)c(O)c3)nc2n1.[H-].[Na+]. The third-order valence-electron chi connectivity index (χ3n) is 8.10. The molecule has 2 amide bonds. The van der Waals surface area contributed by atoms with Crippen LogP contribution < -0.4 is 46.2 Å². The summed E-state index contributed by atoms with van der Waals surface area (Å²) in [4.78, 5) is 88.9. The number of nitrogens with one attached hydrogen (secondary N) is 2. The van der Waals surface area contributed by atoms with Crippen LogP contribution in [0.25, 0.3) is 5.78 Å². The van der Waals surface area contributed by atoms with Gasteiger partial charge in [0.25, 0.3) is 23.2 Å². The number of carboxylic acid groups (broad SMARTS) is 1. The first-order valence-electron chi connectivity index (χ1n) is 16.2. The number of nitrogens with two attached hydrogens (primary N) is 1. The van der Waals surface area contributed by atoms with Crippen molar-refractivity contribution in [2.24, 2.45) is 5.16 Å². The minimum absolute atomic E-state index is 0.